The van der Waals surface area contributed by atoms with Crippen LogP contribution < -0.4 is 38.1 Å². The van der Waals surface area contributed by atoms with Gasteiger partial charge in [-0.15, -0.1) is 0 Å². The van der Waals surface area contributed by atoms with Crippen LogP contribution in [0.5, 0.6) is 0 Å². The molecular weight excluding hydrogens is 612 g/mol. The molecule has 16 nitrogen and oxygen atoms in total. The monoisotopic (exact) mass is 658 g/mol. The Bertz CT molecular complexity index is 1270. The molecule has 8 amide bonds. The van der Waals surface area contributed by atoms with Crippen molar-refractivity contribution in [3.63, 3.8) is 0 Å². The lowest BCUT2D eigenvalue weighted by Gasteiger charge is -2.25. The molecule has 16 heteroatoms. The van der Waals surface area contributed by atoms with Crippen molar-refractivity contribution < 1.29 is 38.3 Å². The predicted molar refractivity (Wildman–Crippen MR) is 172 cm³/mol. The third kappa shape index (κ3) is 14.3. The molecule has 1 aromatic carbocycles. The Kier molecular flexibility index (Phi) is 16.4. The second kappa shape index (κ2) is 20.2. The van der Waals surface area contributed by atoms with Crippen molar-refractivity contribution in [3.8, 4) is 0 Å². The molecule has 1 unspecified atom stereocenters. The Labute approximate surface area is 273 Å². The number of nitrogens with two attached hydrogens (primary N) is 2. The third-order valence-electron chi connectivity index (χ3n) is 7.06. The maximum absolute atomic E-state index is 13.3. The first-order valence-electron chi connectivity index (χ1n) is 15.6. The summed E-state index contributed by atoms with van der Waals surface area (Å²) in [6.07, 6.45) is 4.12. The van der Waals surface area contributed by atoms with E-state index in [1.807, 2.05) is 0 Å². The molecule has 258 valence electrons. The van der Waals surface area contributed by atoms with Gasteiger partial charge in [0.2, 0.25) is 17.7 Å². The summed E-state index contributed by atoms with van der Waals surface area (Å²) in [6.45, 7) is 4.57. The van der Waals surface area contributed by atoms with Crippen LogP contribution >= 0.6 is 0 Å². The van der Waals surface area contributed by atoms with Gasteiger partial charge in [-0.1, -0.05) is 32.4 Å². The SMILES string of the molecule is CC(C)C(NC(=O)CCCCCN1C(=O)C=CC1=O)C(=O)N[C@@H](CCCNC(N)=O)C(=O)Nc1ccc(COC(=O)NCCN)cc1. The highest BCUT2D eigenvalue weighted by Gasteiger charge is 2.29. The third-order valence-corrected chi connectivity index (χ3v) is 7.06. The van der Waals surface area contributed by atoms with Crippen molar-refractivity contribution in [2.75, 3.05) is 31.5 Å². The number of primary amides is 1. The van der Waals surface area contributed by atoms with Crippen molar-refractivity contribution in [3.05, 3.63) is 42.0 Å². The molecule has 1 aromatic rings. The van der Waals surface area contributed by atoms with E-state index in [2.05, 4.69) is 26.6 Å². The van der Waals surface area contributed by atoms with Gasteiger partial charge in [0.15, 0.2) is 0 Å². The van der Waals surface area contributed by atoms with Crippen LogP contribution in [0.3, 0.4) is 0 Å². The van der Waals surface area contributed by atoms with Gasteiger partial charge in [-0.25, -0.2) is 9.59 Å². The maximum Gasteiger partial charge on any atom is 0.407 e. The lowest BCUT2D eigenvalue weighted by Crippen LogP contribution is -2.54. The van der Waals surface area contributed by atoms with Gasteiger partial charge in [0.1, 0.15) is 18.7 Å². The molecule has 0 saturated heterocycles. The molecule has 2 atom stereocenters. The van der Waals surface area contributed by atoms with Gasteiger partial charge in [0.05, 0.1) is 0 Å². The van der Waals surface area contributed by atoms with E-state index < -0.39 is 36.0 Å². The van der Waals surface area contributed by atoms with Gasteiger partial charge >= 0.3 is 12.1 Å². The summed E-state index contributed by atoms with van der Waals surface area (Å²) in [5, 5.41) is 13.2. The van der Waals surface area contributed by atoms with E-state index in [1.54, 1.807) is 38.1 Å². The summed E-state index contributed by atoms with van der Waals surface area (Å²) in [5.74, 6) is -2.40. The molecule has 0 fully saturated rings. The number of nitrogens with zero attached hydrogens (tertiary/aromatic N) is 1. The first-order valence-corrected chi connectivity index (χ1v) is 15.6. The number of unbranched alkanes of at least 4 members (excludes halogenated alkanes) is 2. The number of nitrogens with one attached hydrogen (secondary N) is 5. The number of hydrogen-bond donors (Lipinski definition) is 7. The van der Waals surface area contributed by atoms with E-state index in [0.29, 0.717) is 36.9 Å². The Morgan fingerprint density at radius 1 is 0.851 bits per heavy atom. The molecule has 1 aliphatic heterocycles. The number of hydrogen-bond acceptors (Lipinski definition) is 9. The molecule has 1 heterocycles. The number of carbonyl (C=O) groups excluding carboxylic acids is 7. The molecule has 2 rings (SSSR count). The van der Waals surface area contributed by atoms with Crippen LogP contribution in [-0.2, 0) is 35.3 Å². The zero-order valence-corrected chi connectivity index (χ0v) is 26.8. The van der Waals surface area contributed by atoms with Crippen LogP contribution in [0.1, 0.15) is 57.9 Å². The molecule has 0 aliphatic carbocycles. The number of amides is 8. The maximum atomic E-state index is 13.3. The number of anilines is 1. The summed E-state index contributed by atoms with van der Waals surface area (Å²) in [5.41, 5.74) is 11.6. The van der Waals surface area contributed by atoms with Crippen LogP contribution in [0.25, 0.3) is 0 Å². The molecule has 0 saturated carbocycles. The van der Waals surface area contributed by atoms with Crippen LogP contribution in [0.4, 0.5) is 15.3 Å². The lowest BCUT2D eigenvalue weighted by molar-refractivity contribution is -0.137. The van der Waals surface area contributed by atoms with Crippen LogP contribution in [0.2, 0.25) is 0 Å². The molecular formula is C31H46N8O8. The zero-order chi connectivity index (χ0) is 34.8. The molecule has 0 radical (unpaired) electrons. The highest BCUT2D eigenvalue weighted by Crippen LogP contribution is 2.13. The van der Waals surface area contributed by atoms with Crippen molar-refractivity contribution in [1.82, 2.24) is 26.2 Å². The van der Waals surface area contributed by atoms with Crippen LogP contribution in [-0.4, -0.2) is 84.8 Å². The van der Waals surface area contributed by atoms with Gasteiger partial charge in [0.25, 0.3) is 11.8 Å². The fourth-order valence-electron chi connectivity index (χ4n) is 4.50. The minimum atomic E-state index is -1.00. The first-order chi connectivity index (χ1) is 22.4. The summed E-state index contributed by atoms with van der Waals surface area (Å²) >= 11 is 0. The second-order valence-electron chi connectivity index (χ2n) is 11.2. The van der Waals surface area contributed by atoms with E-state index in [0.717, 1.165) is 4.90 Å². The smallest absolute Gasteiger partial charge is 0.407 e. The lowest BCUT2D eigenvalue weighted by atomic mass is 10.0. The van der Waals surface area contributed by atoms with Gasteiger partial charge in [0, 0.05) is 50.4 Å². The quantitative estimate of drug-likeness (QED) is 0.0755. The number of carbonyl (C=O) groups is 7. The van der Waals surface area contributed by atoms with E-state index in [4.69, 9.17) is 16.2 Å². The number of rotatable bonds is 20. The van der Waals surface area contributed by atoms with Crippen molar-refractivity contribution >= 4 is 47.3 Å². The molecule has 0 aromatic heterocycles. The average molecular weight is 659 g/mol. The molecule has 47 heavy (non-hydrogen) atoms. The average Bonchev–Trinajstić information content (AvgIpc) is 3.35. The van der Waals surface area contributed by atoms with E-state index in [9.17, 15) is 33.6 Å². The predicted octanol–water partition coefficient (Wildman–Crippen LogP) is 0.370. The van der Waals surface area contributed by atoms with Crippen molar-refractivity contribution in [1.29, 1.82) is 0 Å². The summed E-state index contributed by atoms with van der Waals surface area (Å²) in [6, 6.07) is 3.94. The zero-order valence-electron chi connectivity index (χ0n) is 26.8. The Balaban J connectivity index is 1.93. The number of urea groups is 1. The van der Waals surface area contributed by atoms with Gasteiger partial charge in [-0.3, -0.25) is 28.9 Å². The largest absolute Gasteiger partial charge is 0.445 e. The highest BCUT2D eigenvalue weighted by molar-refractivity contribution is 6.12. The van der Waals surface area contributed by atoms with Gasteiger partial charge in [-0.2, -0.15) is 0 Å². The molecule has 0 spiro atoms. The van der Waals surface area contributed by atoms with Crippen LogP contribution in [0.15, 0.2) is 36.4 Å². The highest BCUT2D eigenvalue weighted by atomic mass is 16.5. The van der Waals surface area contributed by atoms with Crippen LogP contribution in [0, 0.1) is 5.92 Å². The second-order valence-corrected chi connectivity index (χ2v) is 11.2. The van der Waals surface area contributed by atoms with Gasteiger partial charge in [-0.05, 0) is 49.3 Å². The summed E-state index contributed by atoms with van der Waals surface area (Å²) < 4.78 is 5.10. The first kappa shape index (κ1) is 38.2. The molecule has 9 N–H and O–H groups in total. The number of benzene rings is 1. The Morgan fingerprint density at radius 3 is 2.15 bits per heavy atom. The minimum absolute atomic E-state index is 0.0107. The van der Waals surface area contributed by atoms with E-state index in [-0.39, 0.29) is 69.3 Å². The summed E-state index contributed by atoms with van der Waals surface area (Å²) in [4.78, 5) is 86.4. The Hall–Kier alpha value is -4.99. The van der Waals surface area contributed by atoms with E-state index in [1.165, 1.54) is 12.2 Å². The molecule has 0 bridgehead atoms. The van der Waals surface area contributed by atoms with Gasteiger partial charge < -0.3 is 42.8 Å². The fourth-order valence-corrected chi connectivity index (χ4v) is 4.50. The standard InChI is InChI=1S/C31H46N8O8/c1-20(2)27(38-24(40)8-4-3-5-18-39-25(41)13-14-26(39)42)29(44)37-23(7-6-16-34-30(33)45)28(43)36-22-11-9-21(10-12-22)19-47-31(46)35-17-15-32/h9-14,20,23,27H,3-8,15-19,32H2,1-2H3,(H,35,46)(H,36,43)(H,37,44)(H,38,40)(H3,33,34,45)/t23-,27?/m0/s1. The van der Waals surface area contributed by atoms with Crippen molar-refractivity contribution in [2.24, 2.45) is 17.4 Å². The fraction of sp³-hybridized carbons (Fsp3) is 0.516. The summed E-state index contributed by atoms with van der Waals surface area (Å²) in [7, 11) is 0. The number of ether oxygens (including phenoxy) is 1. The topological polar surface area (TPSA) is 244 Å². The normalized spacial score (nSPS) is 13.6. The van der Waals surface area contributed by atoms with Crippen molar-refractivity contribution in [2.45, 2.75) is 71.1 Å². The van der Waals surface area contributed by atoms with E-state index >= 15 is 0 Å². The Morgan fingerprint density at radius 2 is 1.53 bits per heavy atom. The number of imide groups is 1. The number of alkyl carbamates (subject to hydrolysis) is 1. The minimum Gasteiger partial charge on any atom is -0.445 e. The molecule has 1 aliphatic rings.